The van der Waals surface area contributed by atoms with Gasteiger partial charge < -0.3 is 0 Å². The van der Waals surface area contributed by atoms with Crippen molar-refractivity contribution in [3.8, 4) is 0 Å². The minimum atomic E-state index is -0.591. The molecule has 0 fully saturated rings. The Labute approximate surface area is 102 Å². The van der Waals surface area contributed by atoms with Gasteiger partial charge in [-0.05, 0) is 0 Å². The Hall–Kier alpha value is -0.761. The first-order chi connectivity index (χ1) is 7.27. The molecule has 0 spiro atoms. The van der Waals surface area contributed by atoms with Crippen LogP contribution < -0.4 is 7.16 Å². The van der Waals surface area contributed by atoms with E-state index in [4.69, 9.17) is 0 Å². The quantitative estimate of drug-likeness (QED) is 0.744. The molecule has 1 heteroatoms. The van der Waals surface area contributed by atoms with Crippen molar-refractivity contribution in [2.75, 3.05) is 0 Å². The predicted molar refractivity (Wildman–Crippen MR) is 67.4 cm³/mol. The third kappa shape index (κ3) is 2.63. The Bertz CT molecular complexity index is 417. The normalized spacial score (nSPS) is 9.73. The van der Waals surface area contributed by atoms with Crippen molar-refractivity contribution < 1.29 is 0 Å². The molecule has 2 rings (SSSR count). The van der Waals surface area contributed by atoms with Crippen LogP contribution in [0.25, 0.3) is 0 Å². The molecule has 0 radical (unpaired) electrons. The standard InChI is InChI=1S/2C7H7.Sn/c2*1-7-5-3-2-4-6-7;/h2*2-5H,1H3;/q;;+2. The summed E-state index contributed by atoms with van der Waals surface area (Å²) >= 11 is -0.591. The number of aryl methyl sites for hydroxylation is 2. The fraction of sp³-hybridized carbons (Fsp3) is 0.143. The van der Waals surface area contributed by atoms with Crippen molar-refractivity contribution in [1.29, 1.82) is 0 Å². The first-order valence-corrected chi connectivity index (χ1v) is 8.01. The van der Waals surface area contributed by atoms with Gasteiger partial charge in [-0.15, -0.1) is 0 Å². The molecule has 0 atom stereocenters. The van der Waals surface area contributed by atoms with Crippen LogP contribution in [0, 0.1) is 13.8 Å². The molecule has 0 aliphatic carbocycles. The first-order valence-electron chi connectivity index (χ1n) is 5.15. The van der Waals surface area contributed by atoms with E-state index in [1.807, 2.05) is 0 Å². The second kappa shape index (κ2) is 4.84. The van der Waals surface area contributed by atoms with Gasteiger partial charge in [0.1, 0.15) is 0 Å². The predicted octanol–water partition coefficient (Wildman–Crippen LogP) is 1.96. The van der Waals surface area contributed by atoms with Crippen molar-refractivity contribution >= 4 is 28.3 Å². The fourth-order valence-corrected chi connectivity index (χ4v) is 5.03. The zero-order valence-electron chi connectivity index (χ0n) is 9.12. The molecule has 0 aromatic heterocycles. The van der Waals surface area contributed by atoms with Crippen molar-refractivity contribution in [1.82, 2.24) is 0 Å². The Morgan fingerprint density at radius 3 is 1.47 bits per heavy atom. The topological polar surface area (TPSA) is 0 Å². The summed E-state index contributed by atoms with van der Waals surface area (Å²) < 4.78 is 3.19. The molecule has 72 valence electrons. The van der Waals surface area contributed by atoms with Crippen LogP contribution in [0.5, 0.6) is 0 Å². The number of benzene rings is 2. The van der Waals surface area contributed by atoms with Crippen LogP contribution in [-0.4, -0.2) is 21.1 Å². The number of hydrogen-bond donors (Lipinski definition) is 0. The number of hydrogen-bond acceptors (Lipinski definition) is 0. The van der Waals surface area contributed by atoms with Crippen LogP contribution in [0.1, 0.15) is 11.1 Å². The molecule has 0 unspecified atom stereocenters. The summed E-state index contributed by atoms with van der Waals surface area (Å²) in [5.74, 6) is 0. The third-order valence-electron chi connectivity index (χ3n) is 2.56. The Morgan fingerprint density at radius 2 is 1.07 bits per heavy atom. The van der Waals surface area contributed by atoms with Crippen LogP contribution in [0.15, 0.2) is 48.5 Å². The van der Waals surface area contributed by atoms with Gasteiger partial charge in [-0.1, -0.05) is 0 Å². The summed E-state index contributed by atoms with van der Waals surface area (Å²) in [7, 11) is 0. The van der Waals surface area contributed by atoms with Gasteiger partial charge in [-0.2, -0.15) is 0 Å². The summed E-state index contributed by atoms with van der Waals surface area (Å²) in [5, 5.41) is 0. The van der Waals surface area contributed by atoms with Crippen LogP contribution >= 0.6 is 0 Å². The van der Waals surface area contributed by atoms with Crippen molar-refractivity contribution in [2.45, 2.75) is 13.8 Å². The van der Waals surface area contributed by atoms with E-state index < -0.39 is 21.1 Å². The van der Waals surface area contributed by atoms with Gasteiger partial charge in [-0.25, -0.2) is 0 Å². The number of rotatable bonds is 2. The molecule has 0 nitrogen and oxygen atoms in total. The van der Waals surface area contributed by atoms with Crippen molar-refractivity contribution in [3.63, 3.8) is 0 Å². The second-order valence-corrected chi connectivity index (χ2v) is 7.54. The zero-order chi connectivity index (χ0) is 10.7. The molecule has 2 aromatic rings. The van der Waals surface area contributed by atoms with Gasteiger partial charge in [-0.3, -0.25) is 0 Å². The third-order valence-corrected chi connectivity index (χ3v) is 7.30. The van der Waals surface area contributed by atoms with Crippen LogP contribution in [0.4, 0.5) is 0 Å². The van der Waals surface area contributed by atoms with E-state index in [-0.39, 0.29) is 0 Å². The van der Waals surface area contributed by atoms with Gasteiger partial charge in [0.25, 0.3) is 0 Å². The summed E-state index contributed by atoms with van der Waals surface area (Å²) in [6.07, 6.45) is 0. The zero-order valence-corrected chi connectivity index (χ0v) is 12.0. The fourth-order valence-electron chi connectivity index (χ4n) is 1.57. The Balaban J connectivity index is 2.30. The molecule has 2 aromatic carbocycles. The van der Waals surface area contributed by atoms with E-state index >= 15 is 0 Å². The van der Waals surface area contributed by atoms with Crippen LogP contribution in [0.2, 0.25) is 0 Å². The van der Waals surface area contributed by atoms with E-state index in [2.05, 4.69) is 62.4 Å². The maximum atomic E-state index is 2.29. The summed E-state index contributed by atoms with van der Waals surface area (Å²) in [4.78, 5) is 0. The van der Waals surface area contributed by atoms with Crippen molar-refractivity contribution in [3.05, 3.63) is 59.7 Å². The Kier molecular flexibility index (Phi) is 3.47. The van der Waals surface area contributed by atoms with Gasteiger partial charge in [0.05, 0.1) is 0 Å². The van der Waals surface area contributed by atoms with Crippen LogP contribution in [0.3, 0.4) is 0 Å². The van der Waals surface area contributed by atoms with Gasteiger partial charge in [0.2, 0.25) is 0 Å². The average Bonchev–Trinajstić information content (AvgIpc) is 2.24. The molecule has 0 N–H and O–H groups in total. The monoisotopic (exact) mass is 302 g/mol. The molecule has 0 saturated carbocycles. The molecule has 0 amide bonds. The molecular weight excluding hydrogens is 287 g/mol. The average molecular weight is 301 g/mol. The summed E-state index contributed by atoms with van der Waals surface area (Å²) in [5.41, 5.74) is 2.90. The van der Waals surface area contributed by atoms with Crippen LogP contribution in [-0.2, 0) is 0 Å². The summed E-state index contributed by atoms with van der Waals surface area (Å²) in [6, 6.07) is 17.6. The SMILES string of the molecule is Cc1cccc[c]1[Sn+2][c]1ccccc1C. The van der Waals surface area contributed by atoms with Gasteiger partial charge in [0.15, 0.2) is 0 Å². The minimum absolute atomic E-state index is 0.591. The van der Waals surface area contributed by atoms with Gasteiger partial charge >= 0.3 is 102 Å². The molecule has 0 aliphatic rings. The maximum absolute atomic E-state index is 2.29. The van der Waals surface area contributed by atoms with Crippen molar-refractivity contribution in [2.24, 2.45) is 0 Å². The molecule has 0 aliphatic heterocycles. The van der Waals surface area contributed by atoms with E-state index in [1.165, 1.54) is 11.1 Å². The molecule has 0 heterocycles. The Morgan fingerprint density at radius 1 is 0.667 bits per heavy atom. The second-order valence-electron chi connectivity index (χ2n) is 3.75. The summed E-state index contributed by atoms with van der Waals surface area (Å²) in [6.45, 7) is 4.43. The molecule has 15 heavy (non-hydrogen) atoms. The molecule has 0 bridgehead atoms. The van der Waals surface area contributed by atoms with Gasteiger partial charge in [0, 0.05) is 0 Å². The van der Waals surface area contributed by atoms with E-state index in [0.29, 0.717) is 0 Å². The van der Waals surface area contributed by atoms with E-state index in [0.717, 1.165) is 0 Å². The molecular formula is C14H14Sn+2. The molecule has 0 saturated heterocycles. The van der Waals surface area contributed by atoms with E-state index in [9.17, 15) is 0 Å². The first kappa shape index (κ1) is 10.7. The van der Waals surface area contributed by atoms with E-state index in [1.54, 1.807) is 7.16 Å².